The molecular weight excluding hydrogens is 336 g/mol. The van der Waals surface area contributed by atoms with Crippen LogP contribution in [0.5, 0.6) is 0 Å². The Hall–Kier alpha value is -3.21. The van der Waals surface area contributed by atoms with Crippen LogP contribution in [-0.4, -0.2) is 21.9 Å². The van der Waals surface area contributed by atoms with Crippen molar-refractivity contribution in [3.63, 3.8) is 0 Å². The lowest BCUT2D eigenvalue weighted by Gasteiger charge is -2.23. The molecule has 1 unspecified atom stereocenters. The maximum Gasteiger partial charge on any atom is 0.274 e. The van der Waals surface area contributed by atoms with E-state index in [4.69, 9.17) is 0 Å². The Morgan fingerprint density at radius 1 is 1.15 bits per heavy atom. The second-order valence-corrected chi connectivity index (χ2v) is 6.78. The predicted octanol–water partition coefficient (Wildman–Crippen LogP) is 4.37. The van der Waals surface area contributed by atoms with E-state index in [9.17, 15) is 4.79 Å². The van der Waals surface area contributed by atoms with Crippen LogP contribution in [0.25, 0.3) is 0 Å². The van der Waals surface area contributed by atoms with Crippen LogP contribution in [0.1, 0.15) is 35.5 Å². The number of carbonyl (C=O) groups excluding carboxylic acids is 1. The Kier molecular flexibility index (Phi) is 4.59. The predicted molar refractivity (Wildman–Crippen MR) is 108 cm³/mol. The summed E-state index contributed by atoms with van der Waals surface area (Å²) in [6.45, 7) is 4.24. The molecule has 0 spiro atoms. The number of hydrogen-bond donors (Lipinski definition) is 1. The summed E-state index contributed by atoms with van der Waals surface area (Å²) < 4.78 is 0. The first kappa shape index (κ1) is 17.2. The van der Waals surface area contributed by atoms with Gasteiger partial charge in [-0.3, -0.25) is 4.79 Å². The molecule has 0 aliphatic carbocycles. The highest BCUT2D eigenvalue weighted by atomic mass is 16.1. The average molecular weight is 358 g/mol. The zero-order valence-electron chi connectivity index (χ0n) is 15.5. The Morgan fingerprint density at radius 3 is 2.78 bits per heavy atom. The summed E-state index contributed by atoms with van der Waals surface area (Å²) in [4.78, 5) is 23.6. The van der Waals surface area contributed by atoms with Crippen LogP contribution in [-0.2, 0) is 12.8 Å². The second-order valence-electron chi connectivity index (χ2n) is 6.78. The van der Waals surface area contributed by atoms with Crippen molar-refractivity contribution in [2.75, 3.05) is 10.2 Å². The van der Waals surface area contributed by atoms with Gasteiger partial charge in [0.1, 0.15) is 17.8 Å². The molecule has 1 aliphatic heterocycles. The third-order valence-corrected chi connectivity index (χ3v) is 4.99. The number of rotatable bonds is 4. The van der Waals surface area contributed by atoms with Gasteiger partial charge in [0.2, 0.25) is 0 Å². The maximum absolute atomic E-state index is 12.8. The van der Waals surface area contributed by atoms with E-state index in [1.54, 1.807) is 6.07 Å². The topological polar surface area (TPSA) is 58.1 Å². The largest absolute Gasteiger partial charge is 0.323 e. The third-order valence-electron chi connectivity index (χ3n) is 4.99. The van der Waals surface area contributed by atoms with E-state index in [-0.39, 0.29) is 11.9 Å². The Balaban J connectivity index is 1.62. The molecule has 1 N–H and O–H groups in total. The van der Waals surface area contributed by atoms with Crippen LogP contribution < -0.4 is 10.2 Å². The summed E-state index contributed by atoms with van der Waals surface area (Å²) in [7, 11) is 0. The van der Waals surface area contributed by atoms with Crippen LogP contribution in [0.15, 0.2) is 60.9 Å². The van der Waals surface area contributed by atoms with Gasteiger partial charge < -0.3 is 10.2 Å². The Bertz CT molecular complexity index is 985. The van der Waals surface area contributed by atoms with E-state index < -0.39 is 0 Å². The summed E-state index contributed by atoms with van der Waals surface area (Å²) in [6, 6.07) is 18.2. The van der Waals surface area contributed by atoms with Gasteiger partial charge in [-0.2, -0.15) is 0 Å². The highest BCUT2D eigenvalue weighted by Gasteiger charge is 2.28. The molecule has 1 aliphatic rings. The first-order chi connectivity index (χ1) is 13.2. The first-order valence-electron chi connectivity index (χ1n) is 9.26. The number of carbonyl (C=O) groups is 1. The lowest BCUT2D eigenvalue weighted by molar-refractivity contribution is 0.102. The minimum absolute atomic E-state index is 0.223. The molecule has 0 bridgehead atoms. The number of amides is 1. The number of hydrogen-bond acceptors (Lipinski definition) is 4. The number of nitrogens with one attached hydrogen (secondary N) is 1. The van der Waals surface area contributed by atoms with E-state index in [1.165, 1.54) is 11.9 Å². The van der Waals surface area contributed by atoms with E-state index >= 15 is 0 Å². The molecule has 0 saturated carbocycles. The van der Waals surface area contributed by atoms with Crippen molar-refractivity contribution in [2.45, 2.75) is 32.7 Å². The lowest BCUT2D eigenvalue weighted by atomic mass is 10.1. The average Bonchev–Trinajstić information content (AvgIpc) is 3.04. The third kappa shape index (κ3) is 3.28. The number of anilines is 3. The Labute approximate surface area is 159 Å². The van der Waals surface area contributed by atoms with Crippen LogP contribution in [0.4, 0.5) is 17.2 Å². The number of benzene rings is 2. The standard InChI is InChI=1S/C22H22N4O/c1-3-16-8-4-6-10-18(16)25-22(27)19-13-21(24-14-23-19)26-15(2)12-17-9-5-7-11-20(17)26/h4-11,13-15H,3,12H2,1-2H3,(H,25,27). The molecule has 0 radical (unpaired) electrons. The van der Waals surface area contributed by atoms with Crippen molar-refractivity contribution in [1.29, 1.82) is 0 Å². The zero-order chi connectivity index (χ0) is 18.8. The number of para-hydroxylation sites is 2. The van der Waals surface area contributed by atoms with Gasteiger partial charge in [0, 0.05) is 23.5 Å². The fraction of sp³-hybridized carbons (Fsp3) is 0.227. The minimum Gasteiger partial charge on any atom is -0.323 e. The van der Waals surface area contributed by atoms with Gasteiger partial charge in [0.25, 0.3) is 5.91 Å². The summed E-state index contributed by atoms with van der Waals surface area (Å²) >= 11 is 0. The van der Waals surface area contributed by atoms with Crippen molar-refractivity contribution >= 4 is 23.1 Å². The van der Waals surface area contributed by atoms with Crippen molar-refractivity contribution in [2.24, 2.45) is 0 Å². The molecular formula is C22H22N4O. The summed E-state index contributed by atoms with van der Waals surface area (Å²) in [5.74, 6) is 0.524. The molecule has 5 nitrogen and oxygen atoms in total. The molecule has 4 rings (SSSR count). The molecule has 5 heteroatoms. The SMILES string of the molecule is CCc1ccccc1NC(=O)c1cc(N2c3ccccc3CC2C)ncn1. The molecule has 3 aromatic rings. The summed E-state index contributed by atoms with van der Waals surface area (Å²) in [5, 5.41) is 2.98. The molecule has 1 atom stereocenters. The monoisotopic (exact) mass is 358 g/mol. The number of aromatic nitrogens is 2. The van der Waals surface area contributed by atoms with E-state index in [1.807, 2.05) is 30.3 Å². The highest BCUT2D eigenvalue weighted by Crippen LogP contribution is 2.37. The smallest absolute Gasteiger partial charge is 0.274 e. The summed E-state index contributed by atoms with van der Waals surface area (Å²) in [6.07, 6.45) is 3.28. The molecule has 1 amide bonds. The Morgan fingerprint density at radius 2 is 1.93 bits per heavy atom. The fourth-order valence-electron chi connectivity index (χ4n) is 3.65. The molecule has 0 saturated heterocycles. The highest BCUT2D eigenvalue weighted by molar-refractivity contribution is 6.03. The molecule has 2 aromatic carbocycles. The molecule has 1 aromatic heterocycles. The van der Waals surface area contributed by atoms with Crippen molar-refractivity contribution in [1.82, 2.24) is 9.97 Å². The van der Waals surface area contributed by atoms with Crippen LogP contribution in [0, 0.1) is 0 Å². The minimum atomic E-state index is -0.223. The number of fused-ring (bicyclic) bond motifs is 1. The van der Waals surface area contributed by atoms with Crippen molar-refractivity contribution < 1.29 is 4.79 Å². The maximum atomic E-state index is 12.8. The van der Waals surface area contributed by atoms with Gasteiger partial charge in [-0.1, -0.05) is 43.3 Å². The fourth-order valence-corrected chi connectivity index (χ4v) is 3.65. The molecule has 27 heavy (non-hydrogen) atoms. The van der Waals surface area contributed by atoms with E-state index in [2.05, 4.69) is 52.2 Å². The molecule has 136 valence electrons. The zero-order valence-corrected chi connectivity index (χ0v) is 15.5. The van der Waals surface area contributed by atoms with Gasteiger partial charge in [-0.15, -0.1) is 0 Å². The molecule has 0 fully saturated rings. The van der Waals surface area contributed by atoms with Crippen LogP contribution in [0.3, 0.4) is 0 Å². The van der Waals surface area contributed by atoms with Crippen LogP contribution >= 0.6 is 0 Å². The second kappa shape index (κ2) is 7.19. The lowest BCUT2D eigenvalue weighted by Crippen LogP contribution is -2.25. The van der Waals surface area contributed by atoms with Crippen molar-refractivity contribution in [3.8, 4) is 0 Å². The van der Waals surface area contributed by atoms with Crippen LogP contribution in [0.2, 0.25) is 0 Å². The number of nitrogens with zero attached hydrogens (tertiary/aromatic N) is 3. The first-order valence-corrected chi connectivity index (χ1v) is 9.26. The number of aryl methyl sites for hydroxylation is 1. The van der Waals surface area contributed by atoms with Gasteiger partial charge in [0.05, 0.1) is 0 Å². The van der Waals surface area contributed by atoms with Gasteiger partial charge in [-0.25, -0.2) is 9.97 Å². The van der Waals surface area contributed by atoms with Crippen molar-refractivity contribution in [3.05, 3.63) is 77.7 Å². The van der Waals surface area contributed by atoms with Gasteiger partial charge in [-0.05, 0) is 43.0 Å². The van der Waals surface area contributed by atoms with Gasteiger partial charge >= 0.3 is 0 Å². The quantitative estimate of drug-likeness (QED) is 0.752. The normalized spacial score (nSPS) is 15.5. The van der Waals surface area contributed by atoms with E-state index in [0.717, 1.165) is 35.6 Å². The van der Waals surface area contributed by atoms with Gasteiger partial charge in [0.15, 0.2) is 0 Å². The molecule has 2 heterocycles. The van der Waals surface area contributed by atoms with E-state index in [0.29, 0.717) is 5.69 Å². The summed E-state index contributed by atoms with van der Waals surface area (Å²) in [5.41, 5.74) is 4.73.